The van der Waals surface area contributed by atoms with E-state index in [0.717, 1.165) is 32.4 Å². The van der Waals surface area contributed by atoms with Crippen LogP contribution < -0.4 is 11.1 Å². The summed E-state index contributed by atoms with van der Waals surface area (Å²) >= 11 is 0. The van der Waals surface area contributed by atoms with Crippen LogP contribution in [0.3, 0.4) is 0 Å². The van der Waals surface area contributed by atoms with Crippen LogP contribution in [0.2, 0.25) is 0 Å². The van der Waals surface area contributed by atoms with Crippen LogP contribution in [0.5, 0.6) is 0 Å². The molecule has 7 nitrogen and oxygen atoms in total. The average molecular weight is 343 g/mol. The first kappa shape index (κ1) is 20.9. The maximum Gasteiger partial charge on any atom is 0.222 e. The zero-order valence-electron chi connectivity index (χ0n) is 15.2. The molecule has 140 valence electrons. The Morgan fingerprint density at radius 2 is 2.08 bits per heavy atom. The molecule has 1 fully saturated rings. The van der Waals surface area contributed by atoms with Crippen LogP contribution in [-0.2, 0) is 14.3 Å². The number of nitrogens with two attached hydrogens (primary N) is 1. The summed E-state index contributed by atoms with van der Waals surface area (Å²) in [5.74, 6) is -0.339. The number of likely N-dealkylation sites (tertiary alicyclic amines) is 1. The van der Waals surface area contributed by atoms with E-state index in [0.29, 0.717) is 0 Å². The number of hydrogen-bond donors (Lipinski definition) is 3. The first-order valence-electron chi connectivity index (χ1n) is 8.86. The fourth-order valence-corrected chi connectivity index (χ4v) is 3.24. The monoisotopic (exact) mass is 343 g/mol. The maximum absolute atomic E-state index is 11.5. The number of hydrogen-bond acceptors (Lipinski definition) is 5. The number of carbonyl (C=O) groups is 2. The molecule has 24 heavy (non-hydrogen) atoms. The van der Waals surface area contributed by atoms with Gasteiger partial charge in [-0.05, 0) is 45.2 Å². The molecular weight excluding hydrogens is 310 g/mol. The minimum Gasteiger partial charge on any atom is -0.395 e. The molecule has 0 spiro atoms. The normalized spacial score (nSPS) is 22.1. The molecule has 2 amide bonds. The molecule has 1 saturated heterocycles. The number of rotatable bonds is 11. The van der Waals surface area contributed by atoms with Crippen molar-refractivity contribution in [2.24, 2.45) is 11.7 Å². The third kappa shape index (κ3) is 7.15. The second kappa shape index (κ2) is 10.6. The van der Waals surface area contributed by atoms with Gasteiger partial charge in [0.15, 0.2) is 0 Å². The van der Waals surface area contributed by atoms with Crippen LogP contribution in [0, 0.1) is 5.92 Å². The summed E-state index contributed by atoms with van der Waals surface area (Å²) in [7, 11) is 1.59. The van der Waals surface area contributed by atoms with Gasteiger partial charge in [0.1, 0.15) is 0 Å². The van der Waals surface area contributed by atoms with Gasteiger partial charge in [0.05, 0.1) is 31.7 Å². The van der Waals surface area contributed by atoms with Crippen molar-refractivity contribution in [1.82, 2.24) is 10.2 Å². The second-order valence-corrected chi connectivity index (χ2v) is 6.81. The fraction of sp³-hybridized carbons (Fsp3) is 0.882. The molecule has 4 unspecified atom stereocenters. The van der Waals surface area contributed by atoms with E-state index < -0.39 is 5.91 Å². The van der Waals surface area contributed by atoms with E-state index in [4.69, 9.17) is 10.5 Å². The minimum atomic E-state index is -0.395. The molecule has 1 heterocycles. The number of primary amides is 1. The third-order valence-corrected chi connectivity index (χ3v) is 4.78. The number of nitrogens with one attached hydrogen (secondary N) is 1. The predicted molar refractivity (Wildman–Crippen MR) is 92.3 cm³/mol. The highest BCUT2D eigenvalue weighted by molar-refractivity contribution is 5.76. The first-order valence-corrected chi connectivity index (χ1v) is 8.86. The Hall–Kier alpha value is -1.18. The first-order chi connectivity index (χ1) is 11.4. The lowest BCUT2D eigenvalue weighted by molar-refractivity contribution is -0.128. The van der Waals surface area contributed by atoms with E-state index >= 15 is 0 Å². The number of carbonyl (C=O) groups excluding carboxylic acids is 2. The van der Waals surface area contributed by atoms with E-state index in [1.54, 1.807) is 7.05 Å². The summed E-state index contributed by atoms with van der Waals surface area (Å²) in [4.78, 5) is 25.1. The Balaban J connectivity index is 2.52. The molecule has 1 aliphatic rings. The molecule has 0 bridgehead atoms. The van der Waals surface area contributed by atoms with E-state index in [-0.39, 0.29) is 49.5 Å². The molecule has 0 saturated carbocycles. The lowest BCUT2D eigenvalue weighted by Crippen LogP contribution is -2.37. The third-order valence-electron chi connectivity index (χ3n) is 4.78. The highest BCUT2D eigenvalue weighted by Crippen LogP contribution is 2.22. The zero-order valence-corrected chi connectivity index (χ0v) is 15.2. The molecule has 0 radical (unpaired) electrons. The smallest absolute Gasteiger partial charge is 0.222 e. The van der Waals surface area contributed by atoms with Crippen LogP contribution >= 0.6 is 0 Å². The summed E-state index contributed by atoms with van der Waals surface area (Å²) < 4.78 is 5.93. The quantitative estimate of drug-likeness (QED) is 0.499. The van der Waals surface area contributed by atoms with Gasteiger partial charge in [-0.25, -0.2) is 0 Å². The topological polar surface area (TPSA) is 105 Å². The van der Waals surface area contributed by atoms with Gasteiger partial charge in [0.25, 0.3) is 0 Å². The van der Waals surface area contributed by atoms with Crippen molar-refractivity contribution in [3.05, 3.63) is 0 Å². The number of ether oxygens (including phenoxy) is 1. The van der Waals surface area contributed by atoms with Crippen molar-refractivity contribution in [2.45, 2.75) is 64.2 Å². The summed E-state index contributed by atoms with van der Waals surface area (Å²) in [5, 5.41) is 12.0. The van der Waals surface area contributed by atoms with Gasteiger partial charge >= 0.3 is 0 Å². The molecule has 1 aliphatic heterocycles. The Kier molecular flexibility index (Phi) is 9.25. The number of aliphatic hydroxyl groups excluding tert-OH is 1. The van der Waals surface area contributed by atoms with Gasteiger partial charge in [-0.3, -0.25) is 14.5 Å². The Morgan fingerprint density at radius 3 is 2.67 bits per heavy atom. The lowest BCUT2D eigenvalue weighted by atomic mass is 9.97. The molecule has 4 N–H and O–H groups in total. The molecule has 0 aliphatic carbocycles. The zero-order chi connectivity index (χ0) is 18.1. The van der Waals surface area contributed by atoms with Gasteiger partial charge in [-0.15, -0.1) is 0 Å². The van der Waals surface area contributed by atoms with Crippen LogP contribution in [0.1, 0.15) is 46.0 Å². The van der Waals surface area contributed by atoms with Crippen molar-refractivity contribution in [3.63, 3.8) is 0 Å². The number of amides is 2. The Morgan fingerprint density at radius 1 is 1.38 bits per heavy atom. The van der Waals surface area contributed by atoms with Gasteiger partial charge in [0, 0.05) is 13.1 Å². The number of aliphatic hydroxyl groups is 1. The van der Waals surface area contributed by atoms with Crippen molar-refractivity contribution < 1.29 is 19.4 Å². The molecule has 4 atom stereocenters. The molecule has 0 aromatic heterocycles. The molecular formula is C17H33N3O4. The van der Waals surface area contributed by atoms with Crippen molar-refractivity contribution in [2.75, 3.05) is 26.7 Å². The van der Waals surface area contributed by atoms with Crippen LogP contribution in [0.4, 0.5) is 0 Å². The van der Waals surface area contributed by atoms with E-state index in [1.165, 1.54) is 0 Å². The summed E-state index contributed by atoms with van der Waals surface area (Å²) in [5.41, 5.74) is 5.35. The molecule has 1 rings (SSSR count). The summed E-state index contributed by atoms with van der Waals surface area (Å²) in [6, 6.07) is 0.250. The van der Waals surface area contributed by atoms with Crippen molar-refractivity contribution in [3.8, 4) is 0 Å². The summed E-state index contributed by atoms with van der Waals surface area (Å²) in [6.07, 6.45) is 2.87. The Bertz CT molecular complexity index is 405. The van der Waals surface area contributed by atoms with Gasteiger partial charge in [-0.1, -0.05) is 6.92 Å². The molecule has 0 aromatic rings. The fourth-order valence-electron chi connectivity index (χ4n) is 3.24. The molecule has 0 aromatic carbocycles. The van der Waals surface area contributed by atoms with Gasteiger partial charge in [0.2, 0.25) is 11.8 Å². The van der Waals surface area contributed by atoms with Crippen LogP contribution in [0.15, 0.2) is 0 Å². The number of nitrogens with zero attached hydrogens (tertiary/aromatic N) is 1. The minimum absolute atomic E-state index is 0.0872. The predicted octanol–water partition coefficient (Wildman–Crippen LogP) is 0.255. The lowest BCUT2D eigenvalue weighted by Gasteiger charge is -2.29. The van der Waals surface area contributed by atoms with Crippen molar-refractivity contribution in [1.29, 1.82) is 0 Å². The van der Waals surface area contributed by atoms with Crippen LogP contribution in [-0.4, -0.2) is 66.8 Å². The highest BCUT2D eigenvalue weighted by atomic mass is 16.5. The van der Waals surface area contributed by atoms with Gasteiger partial charge in [-0.2, -0.15) is 0 Å². The second-order valence-electron chi connectivity index (χ2n) is 6.81. The van der Waals surface area contributed by atoms with E-state index in [2.05, 4.69) is 10.2 Å². The molecule has 7 heteroatoms. The summed E-state index contributed by atoms with van der Waals surface area (Å²) in [6.45, 7) is 5.95. The standard InChI is InChI=1S/C17H33N3O4/c1-12(6-8-20-7-4-5-14(20)11-21)15(10-16(18)22)24-13(2)9-17(23)19-3/h12-15,21H,4-11H2,1-3H3,(H2,18,22)(H,19,23). The average Bonchev–Trinajstić information content (AvgIpc) is 2.98. The van der Waals surface area contributed by atoms with E-state index in [9.17, 15) is 14.7 Å². The highest BCUT2D eigenvalue weighted by Gasteiger charge is 2.27. The Labute approximate surface area is 144 Å². The maximum atomic E-state index is 11.5. The van der Waals surface area contributed by atoms with E-state index in [1.807, 2.05) is 13.8 Å². The van der Waals surface area contributed by atoms with Crippen LogP contribution in [0.25, 0.3) is 0 Å². The van der Waals surface area contributed by atoms with Crippen molar-refractivity contribution >= 4 is 11.8 Å². The SMILES string of the molecule is CNC(=O)CC(C)OC(CC(N)=O)C(C)CCN1CCCC1CO. The van der Waals surface area contributed by atoms with Gasteiger partial charge < -0.3 is 20.9 Å². The largest absolute Gasteiger partial charge is 0.395 e.